The summed E-state index contributed by atoms with van der Waals surface area (Å²) in [6.45, 7) is 0. The van der Waals surface area contributed by atoms with Crippen LogP contribution in [0.2, 0.25) is 0 Å². The molecule has 66 valence electrons. The average Bonchev–Trinajstić information content (AvgIpc) is 1.82. The van der Waals surface area contributed by atoms with Crippen molar-refractivity contribution in [1.29, 1.82) is 0 Å². The van der Waals surface area contributed by atoms with Crippen LogP contribution in [0.1, 0.15) is 0 Å². The second-order valence-electron chi connectivity index (χ2n) is 1.46. The smallest absolute Gasteiger partial charge is 0.222 e. The van der Waals surface area contributed by atoms with Crippen LogP contribution in [0, 0.1) is 0 Å². The summed E-state index contributed by atoms with van der Waals surface area (Å²) in [6.07, 6.45) is -5.52. The van der Waals surface area contributed by atoms with Crippen LogP contribution in [0.5, 0.6) is 0 Å². The lowest BCUT2D eigenvalue weighted by molar-refractivity contribution is -0.111. The molecule has 0 aromatic heterocycles. The third-order valence-electron chi connectivity index (χ3n) is 0.650. The summed E-state index contributed by atoms with van der Waals surface area (Å²) >= 11 is 4.19. The van der Waals surface area contributed by atoms with Gasteiger partial charge in [-0.1, -0.05) is 11.6 Å². The SMILES string of the molecule is FC(=C(F)C(F)(F)F)C(F)Cl. The number of alkyl halides is 5. The van der Waals surface area contributed by atoms with E-state index in [1.165, 1.54) is 0 Å². The maximum Gasteiger partial charge on any atom is 0.445 e. The van der Waals surface area contributed by atoms with Gasteiger partial charge in [-0.05, 0) is 0 Å². The summed E-state index contributed by atoms with van der Waals surface area (Å²) in [5, 5.41) is 0. The van der Waals surface area contributed by atoms with Crippen LogP contribution < -0.4 is 0 Å². The summed E-state index contributed by atoms with van der Waals surface area (Å²) in [6, 6.07) is 0. The minimum absolute atomic E-state index is 2.65. The van der Waals surface area contributed by atoms with Gasteiger partial charge >= 0.3 is 6.18 Å². The lowest BCUT2D eigenvalue weighted by Crippen LogP contribution is -2.11. The molecule has 1 atom stereocenters. The summed E-state index contributed by atoms with van der Waals surface area (Å²) < 4.78 is 68.3. The molecule has 0 aromatic carbocycles. The predicted octanol–water partition coefficient (Wildman–Crippen LogP) is 3.23. The van der Waals surface area contributed by atoms with Gasteiger partial charge in [0, 0.05) is 0 Å². The highest BCUT2D eigenvalue weighted by atomic mass is 35.5. The first-order chi connectivity index (χ1) is 4.76. The molecule has 0 heterocycles. The number of hydrogen-bond donors (Lipinski definition) is 0. The summed E-state index contributed by atoms with van der Waals surface area (Å²) in [5.74, 6) is -5.79. The molecular formula is C4HClF6. The number of halogens is 7. The molecule has 7 heteroatoms. The van der Waals surface area contributed by atoms with Crippen molar-refractivity contribution in [2.24, 2.45) is 0 Å². The molecule has 0 bridgehead atoms. The molecule has 0 nitrogen and oxygen atoms in total. The fourth-order valence-electron chi connectivity index (χ4n) is 0.231. The van der Waals surface area contributed by atoms with E-state index in [9.17, 15) is 26.3 Å². The van der Waals surface area contributed by atoms with Gasteiger partial charge in [0.2, 0.25) is 11.5 Å². The Bertz CT molecular complexity index is 168. The van der Waals surface area contributed by atoms with Crippen LogP contribution in [0.3, 0.4) is 0 Å². The van der Waals surface area contributed by atoms with Crippen LogP contribution in [0.25, 0.3) is 0 Å². The molecule has 0 saturated carbocycles. The second kappa shape index (κ2) is 3.34. The Morgan fingerprint density at radius 2 is 1.55 bits per heavy atom. The van der Waals surface area contributed by atoms with Crippen molar-refractivity contribution < 1.29 is 26.3 Å². The van der Waals surface area contributed by atoms with Gasteiger partial charge in [0.1, 0.15) is 0 Å². The van der Waals surface area contributed by atoms with Crippen molar-refractivity contribution in [1.82, 2.24) is 0 Å². The topological polar surface area (TPSA) is 0 Å². The van der Waals surface area contributed by atoms with E-state index in [0.717, 1.165) is 0 Å². The Hall–Kier alpha value is -0.390. The molecule has 0 spiro atoms. The zero-order valence-corrected chi connectivity index (χ0v) is 5.48. The zero-order chi connectivity index (χ0) is 9.23. The standard InChI is InChI=1S/C4HClF6/c5-3(8)1(6)2(7)4(9,10)11/h3H. The third-order valence-corrected chi connectivity index (χ3v) is 0.842. The van der Waals surface area contributed by atoms with Gasteiger partial charge in [0.05, 0.1) is 0 Å². The van der Waals surface area contributed by atoms with Crippen molar-refractivity contribution in [2.45, 2.75) is 11.8 Å². The van der Waals surface area contributed by atoms with Crippen molar-refractivity contribution in [3.8, 4) is 0 Å². The van der Waals surface area contributed by atoms with E-state index in [4.69, 9.17) is 0 Å². The van der Waals surface area contributed by atoms with Crippen LogP contribution in [0.4, 0.5) is 26.3 Å². The highest BCUT2D eigenvalue weighted by Gasteiger charge is 2.39. The Kier molecular flexibility index (Phi) is 3.22. The molecule has 0 fully saturated rings. The van der Waals surface area contributed by atoms with E-state index in [2.05, 4.69) is 11.6 Å². The van der Waals surface area contributed by atoms with Crippen LogP contribution in [-0.4, -0.2) is 11.8 Å². The quantitative estimate of drug-likeness (QED) is 0.448. The molecule has 0 saturated heterocycles. The van der Waals surface area contributed by atoms with E-state index in [-0.39, 0.29) is 0 Å². The highest BCUT2D eigenvalue weighted by Crippen LogP contribution is 2.32. The van der Waals surface area contributed by atoms with Crippen molar-refractivity contribution in [3.05, 3.63) is 11.7 Å². The minimum atomic E-state index is -5.52. The van der Waals surface area contributed by atoms with E-state index in [1.54, 1.807) is 0 Å². The minimum Gasteiger partial charge on any atom is -0.222 e. The molecule has 0 aliphatic heterocycles. The Morgan fingerprint density at radius 1 is 1.18 bits per heavy atom. The number of rotatable bonds is 1. The monoisotopic (exact) mass is 198 g/mol. The molecule has 0 aliphatic rings. The Morgan fingerprint density at radius 3 is 1.64 bits per heavy atom. The van der Waals surface area contributed by atoms with Crippen molar-refractivity contribution in [3.63, 3.8) is 0 Å². The van der Waals surface area contributed by atoms with Crippen LogP contribution in [-0.2, 0) is 0 Å². The lowest BCUT2D eigenvalue weighted by atomic mass is 10.4. The van der Waals surface area contributed by atoms with Crippen LogP contribution in [0.15, 0.2) is 11.7 Å². The molecule has 1 unspecified atom stereocenters. The molecule has 0 amide bonds. The third kappa shape index (κ3) is 3.00. The molecule has 0 N–H and O–H groups in total. The average molecular weight is 198 g/mol. The summed E-state index contributed by atoms with van der Waals surface area (Å²) in [7, 11) is 0. The number of allylic oxidation sites excluding steroid dienone is 2. The molecule has 0 aliphatic carbocycles. The van der Waals surface area contributed by atoms with Gasteiger partial charge in [0.15, 0.2) is 5.83 Å². The molecule has 11 heavy (non-hydrogen) atoms. The van der Waals surface area contributed by atoms with Crippen molar-refractivity contribution >= 4 is 11.6 Å². The fourth-order valence-corrected chi connectivity index (χ4v) is 0.327. The van der Waals surface area contributed by atoms with Gasteiger partial charge in [-0.2, -0.15) is 17.6 Å². The Labute approximate surface area is 62.4 Å². The van der Waals surface area contributed by atoms with E-state index in [0.29, 0.717) is 0 Å². The summed E-state index contributed by atoms with van der Waals surface area (Å²) in [4.78, 5) is 0. The van der Waals surface area contributed by atoms with Gasteiger partial charge in [-0.3, -0.25) is 0 Å². The maximum absolute atomic E-state index is 11.7. The van der Waals surface area contributed by atoms with Gasteiger partial charge in [-0.15, -0.1) is 0 Å². The molecular weight excluding hydrogens is 197 g/mol. The van der Waals surface area contributed by atoms with Gasteiger partial charge in [0.25, 0.3) is 0 Å². The highest BCUT2D eigenvalue weighted by molar-refractivity contribution is 6.21. The van der Waals surface area contributed by atoms with Crippen LogP contribution >= 0.6 is 11.6 Å². The zero-order valence-electron chi connectivity index (χ0n) is 4.72. The van der Waals surface area contributed by atoms with E-state index in [1.807, 2.05) is 0 Å². The predicted molar refractivity (Wildman–Crippen MR) is 26.0 cm³/mol. The van der Waals surface area contributed by atoms with Gasteiger partial charge in [-0.25, -0.2) is 8.78 Å². The number of hydrogen-bond acceptors (Lipinski definition) is 0. The lowest BCUT2D eigenvalue weighted by Gasteiger charge is -2.03. The molecule has 0 rings (SSSR count). The maximum atomic E-state index is 11.7. The normalized spacial score (nSPS) is 17.7. The van der Waals surface area contributed by atoms with Crippen molar-refractivity contribution in [2.75, 3.05) is 0 Å². The van der Waals surface area contributed by atoms with Gasteiger partial charge < -0.3 is 0 Å². The summed E-state index contributed by atoms with van der Waals surface area (Å²) in [5.41, 5.74) is -3.10. The second-order valence-corrected chi connectivity index (χ2v) is 1.84. The first-order valence-electron chi connectivity index (χ1n) is 2.17. The van der Waals surface area contributed by atoms with E-state index < -0.39 is 23.5 Å². The van der Waals surface area contributed by atoms with E-state index >= 15 is 0 Å². The first kappa shape index (κ1) is 10.6. The first-order valence-corrected chi connectivity index (χ1v) is 2.61. The Balaban J connectivity index is 4.67. The molecule has 0 radical (unpaired) electrons. The molecule has 0 aromatic rings. The fraction of sp³-hybridized carbons (Fsp3) is 0.500. The largest absolute Gasteiger partial charge is 0.445 e.